The molecule has 0 aromatic carbocycles. The highest BCUT2D eigenvalue weighted by Crippen LogP contribution is 2.16. The van der Waals surface area contributed by atoms with Gasteiger partial charge in [-0.15, -0.1) is 0 Å². The van der Waals surface area contributed by atoms with Crippen LogP contribution >= 0.6 is 0 Å². The molecule has 2 heterocycles. The van der Waals surface area contributed by atoms with Crippen LogP contribution in [0.25, 0.3) is 0 Å². The van der Waals surface area contributed by atoms with Crippen LogP contribution in [0.1, 0.15) is 30.3 Å². The first-order chi connectivity index (χ1) is 9.70. The first-order valence-electron chi connectivity index (χ1n) is 7.13. The molecule has 1 amide bonds. The molecule has 2 rings (SSSR count). The molecule has 0 radical (unpaired) electrons. The molecule has 1 saturated heterocycles. The number of aromatic nitrogens is 1. The number of ether oxygens (including phenoxy) is 2. The number of hydrogen-bond donors (Lipinski definition) is 2. The van der Waals surface area contributed by atoms with Crippen LogP contribution in [0.15, 0.2) is 12.3 Å². The summed E-state index contributed by atoms with van der Waals surface area (Å²) < 4.78 is 11.0. The SMILES string of the molecule is CCOCCOC1CCN(C(=O)c2cc(N)c[nH]2)CC1. The van der Waals surface area contributed by atoms with Crippen LogP contribution in [0.5, 0.6) is 0 Å². The van der Waals surface area contributed by atoms with Crippen LogP contribution in [0.2, 0.25) is 0 Å². The number of aromatic amines is 1. The molecule has 6 nitrogen and oxygen atoms in total. The molecule has 1 fully saturated rings. The fourth-order valence-electron chi connectivity index (χ4n) is 2.35. The number of likely N-dealkylation sites (tertiary alicyclic amines) is 1. The third-order valence-electron chi connectivity index (χ3n) is 3.45. The number of anilines is 1. The van der Waals surface area contributed by atoms with E-state index in [2.05, 4.69) is 4.98 Å². The van der Waals surface area contributed by atoms with Gasteiger partial charge in [0.1, 0.15) is 5.69 Å². The van der Waals surface area contributed by atoms with Crippen LogP contribution in [-0.4, -0.2) is 54.8 Å². The lowest BCUT2D eigenvalue weighted by molar-refractivity contribution is -0.0183. The number of nitrogens with two attached hydrogens (primary N) is 1. The zero-order chi connectivity index (χ0) is 14.4. The smallest absolute Gasteiger partial charge is 0.270 e. The van der Waals surface area contributed by atoms with Gasteiger partial charge < -0.3 is 25.1 Å². The highest BCUT2D eigenvalue weighted by molar-refractivity contribution is 5.93. The molecular weight excluding hydrogens is 258 g/mol. The molecule has 0 bridgehead atoms. The molecule has 1 aromatic rings. The molecule has 1 aliphatic rings. The van der Waals surface area contributed by atoms with Crippen molar-refractivity contribution in [3.8, 4) is 0 Å². The van der Waals surface area contributed by atoms with E-state index in [1.807, 2.05) is 11.8 Å². The average molecular weight is 281 g/mol. The summed E-state index contributed by atoms with van der Waals surface area (Å²) in [5.41, 5.74) is 6.75. The summed E-state index contributed by atoms with van der Waals surface area (Å²) in [6.45, 7) is 5.39. The van der Waals surface area contributed by atoms with Gasteiger partial charge in [-0.05, 0) is 25.8 Å². The zero-order valence-electron chi connectivity index (χ0n) is 11.9. The van der Waals surface area contributed by atoms with Gasteiger partial charge in [-0.2, -0.15) is 0 Å². The van der Waals surface area contributed by atoms with Gasteiger partial charge in [-0.25, -0.2) is 0 Å². The monoisotopic (exact) mass is 281 g/mol. The van der Waals surface area contributed by atoms with E-state index in [0.29, 0.717) is 24.6 Å². The van der Waals surface area contributed by atoms with Crippen molar-refractivity contribution in [1.29, 1.82) is 0 Å². The summed E-state index contributed by atoms with van der Waals surface area (Å²) in [7, 11) is 0. The molecule has 0 atom stereocenters. The van der Waals surface area contributed by atoms with E-state index < -0.39 is 0 Å². The molecule has 1 aromatic heterocycles. The Kier molecular flexibility index (Phi) is 5.43. The molecule has 3 N–H and O–H groups in total. The Labute approximate surface area is 119 Å². The molecule has 1 aliphatic heterocycles. The highest BCUT2D eigenvalue weighted by Gasteiger charge is 2.24. The van der Waals surface area contributed by atoms with Crippen molar-refractivity contribution in [3.05, 3.63) is 18.0 Å². The predicted molar refractivity (Wildman–Crippen MR) is 76.6 cm³/mol. The maximum Gasteiger partial charge on any atom is 0.270 e. The number of carbonyl (C=O) groups is 1. The number of nitrogens with zero attached hydrogens (tertiary/aromatic N) is 1. The van der Waals surface area contributed by atoms with Crippen LogP contribution < -0.4 is 5.73 Å². The van der Waals surface area contributed by atoms with Crippen molar-refractivity contribution in [1.82, 2.24) is 9.88 Å². The van der Waals surface area contributed by atoms with E-state index in [0.717, 1.165) is 32.5 Å². The van der Waals surface area contributed by atoms with Crippen molar-refractivity contribution in [2.45, 2.75) is 25.9 Å². The lowest BCUT2D eigenvalue weighted by Crippen LogP contribution is -2.41. The first-order valence-corrected chi connectivity index (χ1v) is 7.13. The van der Waals surface area contributed by atoms with Gasteiger partial charge >= 0.3 is 0 Å². The number of nitrogens with one attached hydrogen (secondary N) is 1. The fourth-order valence-corrected chi connectivity index (χ4v) is 2.35. The summed E-state index contributed by atoms with van der Waals surface area (Å²) in [5, 5.41) is 0. The van der Waals surface area contributed by atoms with Gasteiger partial charge in [0.15, 0.2) is 0 Å². The molecule has 20 heavy (non-hydrogen) atoms. The molecular formula is C14H23N3O3. The summed E-state index contributed by atoms with van der Waals surface area (Å²) >= 11 is 0. The second kappa shape index (κ2) is 7.31. The van der Waals surface area contributed by atoms with Crippen molar-refractivity contribution in [2.75, 3.05) is 38.6 Å². The minimum absolute atomic E-state index is 0.00877. The van der Waals surface area contributed by atoms with Crippen molar-refractivity contribution >= 4 is 11.6 Å². The fraction of sp³-hybridized carbons (Fsp3) is 0.643. The standard InChI is InChI=1S/C14H23N3O3/c1-2-19-7-8-20-12-3-5-17(6-4-12)14(18)13-9-11(15)10-16-13/h9-10,12,16H,2-8,15H2,1H3. The van der Waals surface area contributed by atoms with Crippen LogP contribution in [0.3, 0.4) is 0 Å². The molecule has 0 saturated carbocycles. The van der Waals surface area contributed by atoms with E-state index in [4.69, 9.17) is 15.2 Å². The van der Waals surface area contributed by atoms with E-state index in [-0.39, 0.29) is 12.0 Å². The molecule has 0 aliphatic carbocycles. The molecule has 0 spiro atoms. The maximum atomic E-state index is 12.2. The third kappa shape index (κ3) is 3.98. The van der Waals surface area contributed by atoms with Crippen LogP contribution in [0.4, 0.5) is 5.69 Å². The number of rotatable bonds is 6. The van der Waals surface area contributed by atoms with Crippen LogP contribution in [0, 0.1) is 0 Å². The Balaban J connectivity index is 1.72. The topological polar surface area (TPSA) is 80.6 Å². The van der Waals surface area contributed by atoms with Gasteiger partial charge in [-0.1, -0.05) is 0 Å². The van der Waals surface area contributed by atoms with E-state index >= 15 is 0 Å². The quantitative estimate of drug-likeness (QED) is 0.769. The highest BCUT2D eigenvalue weighted by atomic mass is 16.5. The van der Waals surface area contributed by atoms with Crippen LogP contribution in [-0.2, 0) is 9.47 Å². The third-order valence-corrected chi connectivity index (χ3v) is 3.45. The molecule has 6 heteroatoms. The Morgan fingerprint density at radius 3 is 2.80 bits per heavy atom. The Hall–Kier alpha value is -1.53. The second-order valence-corrected chi connectivity index (χ2v) is 4.91. The lowest BCUT2D eigenvalue weighted by Gasteiger charge is -2.31. The number of carbonyl (C=O) groups excluding carboxylic acids is 1. The van der Waals surface area contributed by atoms with E-state index in [1.54, 1.807) is 12.3 Å². The zero-order valence-corrected chi connectivity index (χ0v) is 11.9. The summed E-state index contributed by atoms with van der Waals surface area (Å²) in [4.78, 5) is 16.9. The normalized spacial score (nSPS) is 16.6. The molecule has 0 unspecified atom stereocenters. The first kappa shape index (κ1) is 14.9. The average Bonchev–Trinajstić information content (AvgIpc) is 2.90. The van der Waals surface area contributed by atoms with Crippen molar-refractivity contribution in [3.63, 3.8) is 0 Å². The van der Waals surface area contributed by atoms with Gasteiger partial charge in [0, 0.05) is 31.6 Å². The van der Waals surface area contributed by atoms with E-state index in [9.17, 15) is 4.79 Å². The largest absolute Gasteiger partial charge is 0.397 e. The van der Waals surface area contributed by atoms with Crippen molar-refractivity contribution < 1.29 is 14.3 Å². The van der Waals surface area contributed by atoms with Gasteiger partial charge in [0.2, 0.25) is 0 Å². The van der Waals surface area contributed by atoms with Crippen molar-refractivity contribution in [2.24, 2.45) is 0 Å². The number of amides is 1. The minimum atomic E-state index is 0.00877. The van der Waals surface area contributed by atoms with E-state index in [1.165, 1.54) is 0 Å². The Bertz CT molecular complexity index is 425. The van der Waals surface area contributed by atoms with Gasteiger partial charge in [-0.3, -0.25) is 4.79 Å². The number of H-pyrrole nitrogens is 1. The maximum absolute atomic E-state index is 12.2. The summed E-state index contributed by atoms with van der Waals surface area (Å²) in [6.07, 6.45) is 3.60. The lowest BCUT2D eigenvalue weighted by atomic mass is 10.1. The number of hydrogen-bond acceptors (Lipinski definition) is 4. The summed E-state index contributed by atoms with van der Waals surface area (Å²) in [5.74, 6) is 0.00877. The number of piperidine rings is 1. The Morgan fingerprint density at radius 1 is 1.45 bits per heavy atom. The van der Waals surface area contributed by atoms with Gasteiger partial charge in [0.05, 0.1) is 19.3 Å². The second-order valence-electron chi connectivity index (χ2n) is 4.91. The minimum Gasteiger partial charge on any atom is -0.397 e. The number of nitrogen functional groups attached to an aromatic ring is 1. The molecule has 112 valence electrons. The Morgan fingerprint density at radius 2 is 2.20 bits per heavy atom. The summed E-state index contributed by atoms with van der Waals surface area (Å²) in [6, 6.07) is 1.67. The van der Waals surface area contributed by atoms with Gasteiger partial charge in [0.25, 0.3) is 5.91 Å². The predicted octanol–water partition coefficient (Wildman–Crippen LogP) is 1.25.